The average Bonchev–Trinajstić information content (AvgIpc) is 2.27. The Hall–Kier alpha value is -1.10. The van der Waals surface area contributed by atoms with Gasteiger partial charge in [-0.05, 0) is 26.7 Å². The number of rotatable bonds is 4. The van der Waals surface area contributed by atoms with Crippen LogP contribution in [0.5, 0.6) is 0 Å². The van der Waals surface area contributed by atoms with Crippen LogP contribution in [0.1, 0.15) is 33.6 Å². The largest absolute Gasteiger partial charge is 0.353 e. The van der Waals surface area contributed by atoms with Crippen molar-refractivity contribution in [2.45, 2.75) is 45.7 Å². The van der Waals surface area contributed by atoms with Crippen molar-refractivity contribution in [1.29, 1.82) is 0 Å². The highest BCUT2D eigenvalue weighted by Gasteiger charge is 2.24. The number of piperidine rings is 1. The second kappa shape index (κ2) is 6.73. The smallest absolute Gasteiger partial charge is 0.234 e. The Kier molecular flexibility index (Phi) is 5.59. The Morgan fingerprint density at radius 1 is 1.33 bits per heavy atom. The second-order valence-corrected chi connectivity index (χ2v) is 5.36. The fourth-order valence-corrected chi connectivity index (χ4v) is 2.29. The second-order valence-electron chi connectivity index (χ2n) is 5.36. The van der Waals surface area contributed by atoms with Crippen LogP contribution in [0.15, 0.2) is 0 Å². The molecule has 0 aromatic rings. The van der Waals surface area contributed by atoms with Crippen molar-refractivity contribution in [1.82, 2.24) is 15.1 Å². The van der Waals surface area contributed by atoms with Gasteiger partial charge >= 0.3 is 0 Å². The van der Waals surface area contributed by atoms with Crippen molar-refractivity contribution in [3.05, 3.63) is 0 Å². The third kappa shape index (κ3) is 4.64. The van der Waals surface area contributed by atoms with E-state index < -0.39 is 0 Å². The number of carbonyl (C=O) groups excluding carboxylic acids is 2. The summed E-state index contributed by atoms with van der Waals surface area (Å²) in [6.07, 6.45) is 1.90. The van der Waals surface area contributed by atoms with Gasteiger partial charge in [-0.3, -0.25) is 14.5 Å². The third-order valence-corrected chi connectivity index (χ3v) is 3.42. The number of hydrogen-bond acceptors (Lipinski definition) is 3. The van der Waals surface area contributed by atoms with E-state index in [4.69, 9.17) is 0 Å². The van der Waals surface area contributed by atoms with Crippen LogP contribution in [0.3, 0.4) is 0 Å². The topological polar surface area (TPSA) is 52.7 Å². The summed E-state index contributed by atoms with van der Waals surface area (Å²) in [6, 6.07) is 0.519. The molecule has 0 spiro atoms. The zero-order valence-corrected chi connectivity index (χ0v) is 11.9. The quantitative estimate of drug-likeness (QED) is 0.794. The molecular weight excluding hydrogens is 230 g/mol. The maximum Gasteiger partial charge on any atom is 0.234 e. The van der Waals surface area contributed by atoms with Crippen LogP contribution < -0.4 is 5.32 Å². The molecule has 5 nitrogen and oxygen atoms in total. The van der Waals surface area contributed by atoms with E-state index in [-0.39, 0.29) is 17.9 Å². The highest BCUT2D eigenvalue weighted by molar-refractivity contribution is 5.78. The molecule has 0 unspecified atom stereocenters. The van der Waals surface area contributed by atoms with Gasteiger partial charge in [-0.25, -0.2) is 0 Å². The van der Waals surface area contributed by atoms with Gasteiger partial charge in [0.2, 0.25) is 11.8 Å². The van der Waals surface area contributed by atoms with Gasteiger partial charge in [-0.15, -0.1) is 0 Å². The predicted molar refractivity (Wildman–Crippen MR) is 71.2 cm³/mol. The summed E-state index contributed by atoms with van der Waals surface area (Å²) in [7, 11) is 1.86. The minimum Gasteiger partial charge on any atom is -0.353 e. The van der Waals surface area contributed by atoms with Crippen molar-refractivity contribution >= 4 is 11.8 Å². The molecule has 0 aromatic heterocycles. The molecule has 104 valence electrons. The molecule has 0 atom stereocenters. The van der Waals surface area contributed by atoms with E-state index in [9.17, 15) is 9.59 Å². The minimum atomic E-state index is 0.0865. The molecule has 1 saturated heterocycles. The molecular formula is C13H25N3O2. The van der Waals surface area contributed by atoms with Crippen molar-refractivity contribution in [2.24, 2.45) is 0 Å². The molecule has 1 heterocycles. The fourth-order valence-electron chi connectivity index (χ4n) is 2.29. The summed E-state index contributed by atoms with van der Waals surface area (Å²) in [5.41, 5.74) is 0. The maximum atomic E-state index is 11.6. The number of likely N-dealkylation sites (tertiary alicyclic amines) is 1. The first-order valence-electron chi connectivity index (χ1n) is 6.65. The van der Waals surface area contributed by atoms with E-state index in [0.717, 1.165) is 25.9 Å². The first kappa shape index (κ1) is 15.0. The van der Waals surface area contributed by atoms with E-state index in [2.05, 4.69) is 10.2 Å². The lowest BCUT2D eigenvalue weighted by atomic mass is 10.0. The first-order valence-corrected chi connectivity index (χ1v) is 6.65. The summed E-state index contributed by atoms with van der Waals surface area (Å²) in [4.78, 5) is 26.9. The molecule has 0 aliphatic carbocycles. The molecule has 1 aliphatic heterocycles. The van der Waals surface area contributed by atoms with Crippen LogP contribution in [0, 0.1) is 0 Å². The van der Waals surface area contributed by atoms with E-state index in [1.165, 1.54) is 0 Å². The lowest BCUT2D eigenvalue weighted by Gasteiger charge is -2.36. The molecule has 2 amide bonds. The molecule has 1 aliphatic rings. The highest BCUT2D eigenvalue weighted by Crippen LogP contribution is 2.15. The number of nitrogens with zero attached hydrogens (tertiary/aromatic N) is 2. The molecule has 5 heteroatoms. The van der Waals surface area contributed by atoms with Gasteiger partial charge in [0, 0.05) is 39.1 Å². The Morgan fingerprint density at radius 3 is 2.33 bits per heavy atom. The summed E-state index contributed by atoms with van der Waals surface area (Å²) < 4.78 is 0. The first-order chi connectivity index (χ1) is 8.40. The van der Waals surface area contributed by atoms with Crippen molar-refractivity contribution < 1.29 is 9.59 Å². The fraction of sp³-hybridized carbons (Fsp3) is 0.846. The summed E-state index contributed by atoms with van der Waals surface area (Å²) in [5.74, 6) is 0.203. The Balaban J connectivity index is 2.31. The van der Waals surface area contributed by atoms with E-state index in [0.29, 0.717) is 12.6 Å². The monoisotopic (exact) mass is 255 g/mol. The average molecular weight is 255 g/mol. The number of amides is 2. The van der Waals surface area contributed by atoms with Crippen LogP contribution in [0.25, 0.3) is 0 Å². The Morgan fingerprint density at radius 2 is 1.89 bits per heavy atom. The van der Waals surface area contributed by atoms with Gasteiger partial charge < -0.3 is 10.2 Å². The number of nitrogens with one attached hydrogen (secondary N) is 1. The van der Waals surface area contributed by atoms with Crippen LogP contribution in [-0.2, 0) is 9.59 Å². The predicted octanol–water partition coefficient (Wildman–Crippen LogP) is 0.454. The molecule has 1 rings (SSSR count). The molecule has 0 aromatic carbocycles. The van der Waals surface area contributed by atoms with Gasteiger partial charge in [0.05, 0.1) is 6.54 Å². The zero-order valence-electron chi connectivity index (χ0n) is 11.9. The van der Waals surface area contributed by atoms with Gasteiger partial charge in [0.1, 0.15) is 0 Å². The Labute approximate surface area is 110 Å². The number of carbonyl (C=O) groups is 2. The SMILES string of the molecule is CC(=O)N(C)C1CCN(CC(=O)NC(C)C)CC1. The highest BCUT2D eigenvalue weighted by atomic mass is 16.2. The summed E-state index contributed by atoms with van der Waals surface area (Å²) in [6.45, 7) is 7.76. The van der Waals surface area contributed by atoms with Crippen LogP contribution >= 0.6 is 0 Å². The van der Waals surface area contributed by atoms with Crippen molar-refractivity contribution in [2.75, 3.05) is 26.7 Å². The molecule has 0 radical (unpaired) electrons. The van der Waals surface area contributed by atoms with Crippen molar-refractivity contribution in [3.8, 4) is 0 Å². The molecule has 0 bridgehead atoms. The van der Waals surface area contributed by atoms with Crippen LogP contribution in [0.4, 0.5) is 0 Å². The van der Waals surface area contributed by atoms with Gasteiger partial charge in [0.25, 0.3) is 0 Å². The lowest BCUT2D eigenvalue weighted by Crippen LogP contribution is -2.48. The van der Waals surface area contributed by atoms with Gasteiger partial charge in [0.15, 0.2) is 0 Å². The van der Waals surface area contributed by atoms with Crippen LogP contribution in [0.2, 0.25) is 0 Å². The third-order valence-electron chi connectivity index (χ3n) is 3.42. The lowest BCUT2D eigenvalue weighted by molar-refractivity contribution is -0.131. The zero-order chi connectivity index (χ0) is 13.7. The molecule has 1 N–H and O–H groups in total. The van der Waals surface area contributed by atoms with E-state index >= 15 is 0 Å². The number of hydrogen-bond donors (Lipinski definition) is 1. The standard InChI is InChI=1S/C13H25N3O2/c1-10(2)14-13(18)9-16-7-5-12(6-8-16)15(4)11(3)17/h10,12H,5-9H2,1-4H3,(H,14,18). The van der Waals surface area contributed by atoms with Gasteiger partial charge in [-0.1, -0.05) is 0 Å². The van der Waals surface area contributed by atoms with E-state index in [1.54, 1.807) is 6.92 Å². The van der Waals surface area contributed by atoms with Crippen molar-refractivity contribution in [3.63, 3.8) is 0 Å². The maximum absolute atomic E-state index is 11.6. The summed E-state index contributed by atoms with van der Waals surface area (Å²) in [5, 5.41) is 2.90. The minimum absolute atomic E-state index is 0.0865. The normalized spacial score (nSPS) is 17.8. The molecule has 0 saturated carbocycles. The Bertz CT molecular complexity index is 297. The molecule has 18 heavy (non-hydrogen) atoms. The summed E-state index contributed by atoms with van der Waals surface area (Å²) >= 11 is 0. The van der Waals surface area contributed by atoms with Crippen LogP contribution in [-0.4, -0.2) is 60.4 Å². The van der Waals surface area contributed by atoms with E-state index in [1.807, 2.05) is 25.8 Å². The van der Waals surface area contributed by atoms with Gasteiger partial charge in [-0.2, -0.15) is 0 Å². The molecule has 1 fully saturated rings.